The molecule has 0 N–H and O–H groups in total. The molecule has 1 aromatic carbocycles. The van der Waals surface area contributed by atoms with Crippen LogP contribution < -0.4 is 0 Å². The van der Waals surface area contributed by atoms with Crippen LogP contribution in [-0.4, -0.2) is 24.1 Å². The smallest absolute Gasteiger partial charge is 0.400 e. The maximum atomic E-state index is 13.9. The van der Waals surface area contributed by atoms with E-state index in [4.69, 9.17) is 9.31 Å². The number of halogens is 2. The fraction of sp³-hybridized carbons (Fsp3) is 0.500. The molecule has 1 fully saturated rings. The van der Waals surface area contributed by atoms with Gasteiger partial charge in [0.1, 0.15) is 11.6 Å². The molecule has 2 rings (SSSR count). The molecule has 0 spiro atoms. The number of hydrogen-bond donors (Lipinski definition) is 1. The summed E-state index contributed by atoms with van der Waals surface area (Å²) in [5.74, 6) is -0.816. The molecule has 0 bridgehead atoms. The fourth-order valence-electron chi connectivity index (χ4n) is 2.17. The van der Waals surface area contributed by atoms with Crippen molar-refractivity contribution in [3.8, 4) is 0 Å². The maximum absolute atomic E-state index is 13.9. The Bertz CT molecular complexity index is 598. The molecular formula is C16H21BF2O2S. The van der Waals surface area contributed by atoms with E-state index in [-0.39, 0.29) is 0 Å². The predicted octanol–water partition coefficient (Wildman–Crippen LogP) is 4.22. The summed E-state index contributed by atoms with van der Waals surface area (Å²) in [6.07, 6.45) is 1.62. The third kappa shape index (κ3) is 3.24. The second-order valence-corrected chi connectivity index (χ2v) is 6.90. The lowest BCUT2D eigenvalue weighted by Crippen LogP contribution is -2.41. The summed E-state index contributed by atoms with van der Waals surface area (Å²) >= 11 is 4.29. The highest BCUT2D eigenvalue weighted by Gasteiger charge is 2.52. The average molecular weight is 326 g/mol. The van der Waals surface area contributed by atoms with Gasteiger partial charge >= 0.3 is 7.12 Å². The third-order valence-corrected chi connectivity index (χ3v) is 4.72. The Kier molecular flexibility index (Phi) is 4.76. The second kappa shape index (κ2) is 5.98. The van der Waals surface area contributed by atoms with E-state index in [0.717, 1.165) is 6.07 Å². The standard InChI is InChI=1S/C16H21BF2O2S/c1-10-6-11(14(19)8-13(10)18)7-12(9-22)17-20-15(2,3)16(4,5)21-17/h6-8,22H,9H2,1-5H3. The molecule has 120 valence electrons. The molecule has 0 aliphatic carbocycles. The zero-order chi connectivity index (χ0) is 16.7. The Hall–Kier alpha value is -0.845. The van der Waals surface area contributed by atoms with E-state index >= 15 is 0 Å². The van der Waals surface area contributed by atoms with Crippen molar-refractivity contribution in [3.05, 3.63) is 40.4 Å². The van der Waals surface area contributed by atoms with E-state index in [0.29, 0.717) is 22.4 Å². The van der Waals surface area contributed by atoms with Crippen LogP contribution in [0.25, 0.3) is 6.08 Å². The van der Waals surface area contributed by atoms with Gasteiger partial charge in [0.25, 0.3) is 0 Å². The molecule has 22 heavy (non-hydrogen) atoms. The largest absolute Gasteiger partial charge is 0.491 e. The van der Waals surface area contributed by atoms with Crippen molar-refractivity contribution in [2.24, 2.45) is 0 Å². The number of benzene rings is 1. The maximum Gasteiger partial charge on any atom is 0.491 e. The van der Waals surface area contributed by atoms with Gasteiger partial charge in [-0.15, -0.1) is 0 Å². The Morgan fingerprint density at radius 3 is 2.18 bits per heavy atom. The SMILES string of the molecule is Cc1cc(C=C(CS)B2OC(C)(C)C(C)(C)O2)c(F)cc1F. The predicted molar refractivity (Wildman–Crippen MR) is 89.0 cm³/mol. The summed E-state index contributed by atoms with van der Waals surface area (Å²) in [6, 6.07) is 2.36. The van der Waals surface area contributed by atoms with E-state index in [1.807, 2.05) is 27.7 Å². The number of rotatable bonds is 3. The van der Waals surface area contributed by atoms with E-state index in [1.165, 1.54) is 6.07 Å². The summed E-state index contributed by atoms with van der Waals surface area (Å²) in [7, 11) is -0.591. The highest BCUT2D eigenvalue weighted by Crippen LogP contribution is 2.39. The van der Waals surface area contributed by atoms with Crippen molar-refractivity contribution in [2.45, 2.75) is 45.8 Å². The van der Waals surface area contributed by atoms with Crippen LogP contribution in [0.5, 0.6) is 0 Å². The van der Waals surface area contributed by atoms with E-state index in [1.54, 1.807) is 13.0 Å². The zero-order valence-electron chi connectivity index (χ0n) is 13.5. The average Bonchev–Trinajstić information content (AvgIpc) is 2.61. The van der Waals surface area contributed by atoms with Gasteiger partial charge in [0.15, 0.2) is 0 Å². The van der Waals surface area contributed by atoms with Crippen molar-refractivity contribution in [2.75, 3.05) is 5.75 Å². The number of thiol groups is 1. The molecule has 0 saturated carbocycles. The molecule has 2 nitrogen and oxygen atoms in total. The van der Waals surface area contributed by atoms with Crippen molar-refractivity contribution in [1.82, 2.24) is 0 Å². The first-order valence-electron chi connectivity index (χ1n) is 7.20. The lowest BCUT2D eigenvalue weighted by atomic mass is 9.78. The van der Waals surface area contributed by atoms with Crippen LogP contribution in [0.15, 0.2) is 17.6 Å². The topological polar surface area (TPSA) is 18.5 Å². The van der Waals surface area contributed by atoms with Gasteiger partial charge in [-0.1, -0.05) is 6.08 Å². The third-order valence-electron chi connectivity index (χ3n) is 4.36. The molecule has 1 aliphatic heterocycles. The quantitative estimate of drug-likeness (QED) is 0.662. The van der Waals surface area contributed by atoms with Crippen LogP contribution in [0.4, 0.5) is 8.78 Å². The number of hydrogen-bond acceptors (Lipinski definition) is 3. The van der Waals surface area contributed by atoms with E-state index in [9.17, 15) is 8.78 Å². The van der Waals surface area contributed by atoms with Gasteiger partial charge in [-0.3, -0.25) is 0 Å². The zero-order valence-corrected chi connectivity index (χ0v) is 14.4. The molecular weight excluding hydrogens is 305 g/mol. The van der Waals surface area contributed by atoms with Crippen LogP contribution in [0.1, 0.15) is 38.8 Å². The molecule has 0 radical (unpaired) electrons. The summed E-state index contributed by atoms with van der Waals surface area (Å²) in [5.41, 5.74) is 0.443. The van der Waals surface area contributed by atoms with Crippen molar-refractivity contribution < 1.29 is 18.1 Å². The summed E-state index contributed by atoms with van der Waals surface area (Å²) in [6.45, 7) is 9.40. The van der Waals surface area contributed by atoms with Gasteiger partial charge in [0.05, 0.1) is 11.2 Å². The van der Waals surface area contributed by atoms with Crippen molar-refractivity contribution in [3.63, 3.8) is 0 Å². The molecule has 0 amide bonds. The first-order valence-corrected chi connectivity index (χ1v) is 7.83. The molecule has 1 heterocycles. The van der Waals surface area contributed by atoms with Gasteiger partial charge in [0.2, 0.25) is 0 Å². The molecule has 0 aromatic heterocycles. The minimum atomic E-state index is -0.612. The molecule has 0 unspecified atom stereocenters. The number of aryl methyl sites for hydroxylation is 1. The Balaban J connectivity index is 2.36. The monoisotopic (exact) mass is 326 g/mol. The first-order chi connectivity index (χ1) is 10.1. The van der Waals surface area contributed by atoms with E-state index in [2.05, 4.69) is 12.6 Å². The van der Waals surface area contributed by atoms with Crippen molar-refractivity contribution in [1.29, 1.82) is 0 Å². The first kappa shape index (κ1) is 17.5. The van der Waals surface area contributed by atoms with Crippen LogP contribution in [0.3, 0.4) is 0 Å². The molecule has 0 atom stereocenters. The molecule has 1 saturated heterocycles. The highest BCUT2D eigenvalue weighted by atomic mass is 32.1. The summed E-state index contributed by atoms with van der Waals surface area (Å²) in [4.78, 5) is 0. The van der Waals surface area contributed by atoms with Crippen LogP contribution >= 0.6 is 12.6 Å². The molecule has 6 heteroatoms. The summed E-state index contributed by atoms with van der Waals surface area (Å²) in [5, 5.41) is 0. The van der Waals surface area contributed by atoms with Crippen LogP contribution in [0, 0.1) is 18.6 Å². The Morgan fingerprint density at radius 2 is 1.68 bits per heavy atom. The van der Waals surface area contributed by atoms with Crippen LogP contribution in [0.2, 0.25) is 0 Å². The fourth-order valence-corrected chi connectivity index (χ4v) is 2.41. The highest BCUT2D eigenvalue weighted by molar-refractivity contribution is 7.80. The van der Waals surface area contributed by atoms with Crippen molar-refractivity contribution >= 4 is 25.8 Å². The minimum Gasteiger partial charge on any atom is -0.400 e. The molecule has 1 aromatic rings. The summed E-state index contributed by atoms with van der Waals surface area (Å²) < 4.78 is 39.2. The van der Waals surface area contributed by atoms with Gasteiger partial charge in [0, 0.05) is 17.4 Å². The van der Waals surface area contributed by atoms with Gasteiger partial charge in [-0.05, 0) is 51.7 Å². The Morgan fingerprint density at radius 1 is 1.14 bits per heavy atom. The van der Waals surface area contributed by atoms with Gasteiger partial charge in [-0.25, -0.2) is 8.78 Å². The second-order valence-electron chi connectivity index (χ2n) is 6.59. The minimum absolute atomic E-state index is 0.303. The van der Waals surface area contributed by atoms with Gasteiger partial charge in [-0.2, -0.15) is 12.6 Å². The van der Waals surface area contributed by atoms with Gasteiger partial charge < -0.3 is 9.31 Å². The lowest BCUT2D eigenvalue weighted by Gasteiger charge is -2.32. The Labute approximate surface area is 136 Å². The van der Waals surface area contributed by atoms with E-state index < -0.39 is 30.0 Å². The lowest BCUT2D eigenvalue weighted by molar-refractivity contribution is 0.00578. The normalized spacial score (nSPS) is 20.5. The van der Waals surface area contributed by atoms with Crippen LogP contribution in [-0.2, 0) is 9.31 Å². The molecule has 1 aliphatic rings.